The van der Waals surface area contributed by atoms with Crippen molar-refractivity contribution in [3.63, 3.8) is 0 Å². The fourth-order valence-electron chi connectivity index (χ4n) is 3.49. The minimum absolute atomic E-state index is 0.140. The van der Waals surface area contributed by atoms with E-state index in [2.05, 4.69) is 62.6 Å². The number of benzene rings is 2. The Kier molecular flexibility index (Phi) is 6.47. The monoisotopic (exact) mass is 478 g/mol. The molecule has 2 N–H and O–H groups in total. The topological polar surface area (TPSA) is 83.8 Å². The molecular weight excluding hydrogens is 448 g/mol. The molecule has 2 aromatic carbocycles. The molecule has 0 aliphatic rings. The number of carbonyl (C=O) groups is 1. The number of nitrogens with one attached hydrogen (secondary N) is 2. The molecule has 0 atom stereocenters. The molecule has 178 valence electrons. The molecule has 2 aromatic heterocycles. The van der Waals surface area contributed by atoms with Crippen molar-refractivity contribution >= 4 is 38.8 Å². The van der Waals surface area contributed by atoms with Crippen LogP contribution in [0.1, 0.15) is 26.3 Å². The summed E-state index contributed by atoms with van der Waals surface area (Å²) >= 11 is 1.44. The van der Waals surface area contributed by atoms with Crippen LogP contribution in [0.4, 0.5) is 16.6 Å². The fourth-order valence-corrected chi connectivity index (χ4v) is 4.36. The van der Waals surface area contributed by atoms with Crippen LogP contribution in [0.15, 0.2) is 48.5 Å². The Morgan fingerprint density at radius 2 is 1.85 bits per heavy atom. The first-order chi connectivity index (χ1) is 16.1. The second-order valence-corrected chi connectivity index (χ2v) is 10.2. The van der Waals surface area contributed by atoms with Crippen molar-refractivity contribution in [2.75, 3.05) is 36.2 Å². The number of fused-ring (bicyclic) bond motifs is 1. The Balaban J connectivity index is 1.60. The number of hydrogen-bond donors (Lipinski definition) is 2. The van der Waals surface area contributed by atoms with Gasteiger partial charge in [-0.2, -0.15) is 4.52 Å². The summed E-state index contributed by atoms with van der Waals surface area (Å²) in [6.45, 7) is 8.52. The highest BCUT2D eigenvalue weighted by molar-refractivity contribution is 7.20. The normalized spacial score (nSPS) is 11.5. The molecule has 9 heteroatoms. The molecule has 34 heavy (non-hydrogen) atoms. The van der Waals surface area contributed by atoms with E-state index in [0.717, 1.165) is 22.0 Å². The van der Waals surface area contributed by atoms with Crippen LogP contribution in [0.3, 0.4) is 0 Å². The minimum Gasteiger partial charge on any atom is -0.495 e. The zero-order valence-corrected chi connectivity index (χ0v) is 21.2. The molecule has 4 rings (SSSR count). The van der Waals surface area contributed by atoms with Gasteiger partial charge in [-0.1, -0.05) is 53.3 Å². The number of amides is 1. The molecule has 0 spiro atoms. The first-order valence-electron chi connectivity index (χ1n) is 11.0. The third kappa shape index (κ3) is 5.14. The maximum atomic E-state index is 12.7. The molecule has 0 saturated heterocycles. The number of aromatic nitrogens is 3. The SMILES string of the molecule is COc1ccccc1NC(=O)CN(C)c1nn2c(NC(C)(C)C)c(-c3ccc(C)cc3)nc2s1. The van der Waals surface area contributed by atoms with E-state index in [-0.39, 0.29) is 18.0 Å². The van der Waals surface area contributed by atoms with E-state index in [1.54, 1.807) is 7.11 Å². The number of rotatable bonds is 7. The molecule has 0 unspecified atom stereocenters. The zero-order chi connectivity index (χ0) is 24.5. The van der Waals surface area contributed by atoms with Crippen molar-refractivity contribution in [2.24, 2.45) is 0 Å². The third-order valence-corrected chi connectivity index (χ3v) is 6.12. The summed E-state index contributed by atoms with van der Waals surface area (Å²) in [5, 5.41) is 11.9. The predicted molar refractivity (Wildman–Crippen MR) is 139 cm³/mol. The number of hydrogen-bond acceptors (Lipinski definition) is 7. The van der Waals surface area contributed by atoms with E-state index in [9.17, 15) is 4.79 Å². The van der Waals surface area contributed by atoms with E-state index in [4.69, 9.17) is 14.8 Å². The number of likely N-dealkylation sites (N-methyl/N-ethyl adjacent to an activating group) is 1. The van der Waals surface area contributed by atoms with Crippen LogP contribution in [0.25, 0.3) is 16.2 Å². The molecule has 0 radical (unpaired) electrons. The van der Waals surface area contributed by atoms with Gasteiger partial charge in [-0.3, -0.25) is 4.79 Å². The molecule has 1 amide bonds. The second kappa shape index (κ2) is 9.34. The lowest BCUT2D eigenvalue weighted by Crippen LogP contribution is -2.30. The van der Waals surface area contributed by atoms with E-state index >= 15 is 0 Å². The van der Waals surface area contributed by atoms with Crippen LogP contribution in [0, 0.1) is 6.92 Å². The van der Waals surface area contributed by atoms with Gasteiger partial charge in [0.15, 0.2) is 5.82 Å². The summed E-state index contributed by atoms with van der Waals surface area (Å²) in [5.74, 6) is 1.29. The molecule has 0 aliphatic carbocycles. The number of nitrogens with zero attached hydrogens (tertiary/aromatic N) is 4. The Bertz CT molecular complexity index is 1300. The number of ether oxygens (including phenoxy) is 1. The van der Waals surface area contributed by atoms with Gasteiger partial charge in [0, 0.05) is 18.2 Å². The summed E-state index contributed by atoms with van der Waals surface area (Å²) in [7, 11) is 3.42. The van der Waals surface area contributed by atoms with Gasteiger partial charge in [-0.05, 0) is 39.8 Å². The molecule has 0 fully saturated rings. The largest absolute Gasteiger partial charge is 0.495 e. The fraction of sp³-hybridized carbons (Fsp3) is 0.320. The Morgan fingerprint density at radius 3 is 2.53 bits per heavy atom. The number of aryl methyl sites for hydroxylation is 1. The van der Waals surface area contributed by atoms with E-state index < -0.39 is 0 Å². The van der Waals surface area contributed by atoms with Gasteiger partial charge in [0.1, 0.15) is 11.4 Å². The molecular formula is C25H30N6O2S. The number of carbonyl (C=O) groups excluding carboxylic acids is 1. The predicted octanol–water partition coefficient (Wildman–Crippen LogP) is 5.06. The highest BCUT2D eigenvalue weighted by Crippen LogP contribution is 2.34. The number of anilines is 3. The Hall–Kier alpha value is -3.59. The standard InChI is InChI=1S/C25H30N6O2S/c1-16-11-13-17(14-12-16)21-22(28-25(2,3)4)31-23(27-21)34-24(29-31)30(5)15-20(32)26-18-9-7-8-10-19(18)33-6/h7-14,28H,15H2,1-6H3,(H,26,32). The molecule has 0 bridgehead atoms. The lowest BCUT2D eigenvalue weighted by atomic mass is 10.1. The van der Waals surface area contributed by atoms with Crippen molar-refractivity contribution in [1.82, 2.24) is 14.6 Å². The van der Waals surface area contributed by atoms with Gasteiger partial charge in [-0.25, -0.2) is 4.98 Å². The number of para-hydroxylation sites is 2. The third-order valence-electron chi connectivity index (χ3n) is 5.10. The number of imidazole rings is 1. The van der Waals surface area contributed by atoms with Crippen molar-refractivity contribution in [3.8, 4) is 17.0 Å². The quantitative estimate of drug-likeness (QED) is 0.386. The summed E-state index contributed by atoms with van der Waals surface area (Å²) in [5.41, 5.74) is 3.54. The molecule has 4 aromatic rings. The Labute approximate surface area is 203 Å². The van der Waals surface area contributed by atoms with E-state index in [1.807, 2.05) is 40.7 Å². The van der Waals surface area contributed by atoms with E-state index in [0.29, 0.717) is 16.6 Å². The first kappa shape index (κ1) is 23.6. The second-order valence-electron chi connectivity index (χ2n) is 9.23. The van der Waals surface area contributed by atoms with Crippen molar-refractivity contribution < 1.29 is 9.53 Å². The van der Waals surface area contributed by atoms with Gasteiger partial charge in [-0.15, -0.1) is 5.10 Å². The highest BCUT2D eigenvalue weighted by Gasteiger charge is 2.23. The summed E-state index contributed by atoms with van der Waals surface area (Å²) in [6.07, 6.45) is 0. The molecule has 8 nitrogen and oxygen atoms in total. The maximum Gasteiger partial charge on any atom is 0.244 e. The van der Waals surface area contributed by atoms with Gasteiger partial charge >= 0.3 is 0 Å². The maximum absolute atomic E-state index is 12.7. The molecule has 0 aliphatic heterocycles. The van der Waals surface area contributed by atoms with Crippen LogP contribution >= 0.6 is 11.3 Å². The smallest absolute Gasteiger partial charge is 0.244 e. The minimum atomic E-state index is -0.181. The van der Waals surface area contributed by atoms with Crippen LogP contribution in [-0.2, 0) is 4.79 Å². The van der Waals surface area contributed by atoms with Gasteiger partial charge in [0.05, 0.1) is 19.3 Å². The number of methoxy groups -OCH3 is 1. The molecule has 0 saturated carbocycles. The van der Waals surface area contributed by atoms with Crippen LogP contribution in [0.5, 0.6) is 5.75 Å². The van der Waals surface area contributed by atoms with E-state index in [1.165, 1.54) is 16.9 Å². The van der Waals surface area contributed by atoms with Crippen molar-refractivity contribution in [1.29, 1.82) is 0 Å². The average Bonchev–Trinajstić information content (AvgIpc) is 3.33. The lowest BCUT2D eigenvalue weighted by molar-refractivity contribution is -0.114. The summed E-state index contributed by atoms with van der Waals surface area (Å²) in [6, 6.07) is 15.6. The zero-order valence-electron chi connectivity index (χ0n) is 20.3. The van der Waals surface area contributed by atoms with Crippen molar-refractivity contribution in [2.45, 2.75) is 33.2 Å². The average molecular weight is 479 g/mol. The van der Waals surface area contributed by atoms with Gasteiger partial charge in [0.25, 0.3) is 0 Å². The van der Waals surface area contributed by atoms with Crippen molar-refractivity contribution in [3.05, 3.63) is 54.1 Å². The molecule has 2 heterocycles. The first-order valence-corrected chi connectivity index (χ1v) is 11.8. The van der Waals surface area contributed by atoms with Crippen LogP contribution in [-0.4, -0.2) is 46.7 Å². The lowest BCUT2D eigenvalue weighted by Gasteiger charge is -2.22. The summed E-state index contributed by atoms with van der Waals surface area (Å²) in [4.78, 5) is 20.1. The van der Waals surface area contributed by atoms with Gasteiger partial charge in [0.2, 0.25) is 16.0 Å². The van der Waals surface area contributed by atoms with Crippen LogP contribution < -0.4 is 20.3 Å². The highest BCUT2D eigenvalue weighted by atomic mass is 32.1. The van der Waals surface area contributed by atoms with Crippen LogP contribution in [0.2, 0.25) is 0 Å². The summed E-state index contributed by atoms with van der Waals surface area (Å²) < 4.78 is 7.14. The Morgan fingerprint density at radius 1 is 1.15 bits per heavy atom. The van der Waals surface area contributed by atoms with Gasteiger partial charge < -0.3 is 20.3 Å².